The molecule has 0 aromatic rings. The van der Waals surface area contributed by atoms with Gasteiger partial charge in [0.1, 0.15) is 0 Å². The van der Waals surface area contributed by atoms with Gasteiger partial charge in [0.25, 0.3) is 0 Å². The van der Waals surface area contributed by atoms with E-state index < -0.39 is 0 Å². The molecule has 0 rings (SSSR count). The molecule has 0 bridgehead atoms. The molecule has 0 fully saturated rings. The zero-order chi connectivity index (χ0) is 4.83. The third-order valence-corrected chi connectivity index (χ3v) is 0.571. The minimum Gasteiger partial charge on any atom is -0.412 e. The van der Waals surface area contributed by atoms with Gasteiger partial charge in [0.15, 0.2) is 0 Å². The fourth-order valence-corrected chi connectivity index (χ4v) is 0.279. The Morgan fingerprint density at radius 3 is 2.29 bits per heavy atom. The van der Waals surface area contributed by atoms with Crippen LogP contribution in [0.2, 0.25) is 0 Å². The standard InChI is InChI=1S/C4H12N2.H2O/c1-2-3-6-4-5;/h6H,2-5H2,1H3;1H2. The maximum Gasteiger partial charge on any atom is 0.0428 e. The maximum atomic E-state index is 5.10. The molecule has 0 atom stereocenters. The fraction of sp³-hybridized carbons (Fsp3) is 1.00. The molecular formula is C4H14N2O. The maximum absolute atomic E-state index is 5.10. The Balaban J connectivity index is 0. The Labute approximate surface area is 44.2 Å². The molecule has 5 N–H and O–H groups in total. The lowest BCUT2D eigenvalue weighted by Gasteiger charge is -1.92. The molecule has 0 aliphatic rings. The fourth-order valence-electron chi connectivity index (χ4n) is 0.279. The summed E-state index contributed by atoms with van der Waals surface area (Å²) < 4.78 is 0. The van der Waals surface area contributed by atoms with Crippen molar-refractivity contribution in [1.29, 1.82) is 0 Å². The average molecular weight is 106 g/mol. The van der Waals surface area contributed by atoms with Crippen molar-refractivity contribution in [2.75, 3.05) is 13.2 Å². The summed E-state index contributed by atoms with van der Waals surface area (Å²) in [5.41, 5.74) is 5.10. The summed E-state index contributed by atoms with van der Waals surface area (Å²) in [5, 5.41) is 2.98. The van der Waals surface area contributed by atoms with E-state index in [9.17, 15) is 0 Å². The largest absolute Gasteiger partial charge is 0.412 e. The molecule has 0 saturated heterocycles. The van der Waals surface area contributed by atoms with Gasteiger partial charge in [-0.3, -0.25) is 0 Å². The van der Waals surface area contributed by atoms with E-state index in [0.717, 1.165) is 13.0 Å². The Morgan fingerprint density at radius 1 is 1.57 bits per heavy atom. The summed E-state index contributed by atoms with van der Waals surface area (Å²) in [4.78, 5) is 0. The topological polar surface area (TPSA) is 69.5 Å². The molecule has 0 aromatic carbocycles. The smallest absolute Gasteiger partial charge is 0.0428 e. The molecule has 3 nitrogen and oxygen atoms in total. The van der Waals surface area contributed by atoms with Crippen LogP contribution in [-0.4, -0.2) is 18.7 Å². The van der Waals surface area contributed by atoms with Crippen molar-refractivity contribution in [2.24, 2.45) is 5.73 Å². The molecule has 7 heavy (non-hydrogen) atoms. The highest BCUT2D eigenvalue weighted by Gasteiger charge is 1.71. The van der Waals surface area contributed by atoms with E-state index in [0.29, 0.717) is 6.67 Å². The number of rotatable bonds is 3. The minimum atomic E-state index is 0. The number of nitrogens with one attached hydrogen (secondary N) is 1. The first-order valence-corrected chi connectivity index (χ1v) is 2.32. The molecule has 0 unspecified atom stereocenters. The van der Waals surface area contributed by atoms with Crippen molar-refractivity contribution in [3.05, 3.63) is 0 Å². The zero-order valence-electron chi connectivity index (χ0n) is 4.70. The lowest BCUT2D eigenvalue weighted by molar-refractivity contribution is 0.689. The summed E-state index contributed by atoms with van der Waals surface area (Å²) in [6.45, 7) is 3.76. The van der Waals surface area contributed by atoms with Gasteiger partial charge in [-0.25, -0.2) is 0 Å². The second kappa shape index (κ2) is 9.30. The van der Waals surface area contributed by atoms with Gasteiger partial charge in [-0.2, -0.15) is 0 Å². The van der Waals surface area contributed by atoms with E-state index in [1.54, 1.807) is 0 Å². The van der Waals surface area contributed by atoms with Gasteiger partial charge in [-0.15, -0.1) is 0 Å². The van der Waals surface area contributed by atoms with Crippen LogP contribution in [0.25, 0.3) is 0 Å². The van der Waals surface area contributed by atoms with Crippen LogP contribution in [0, 0.1) is 0 Å². The summed E-state index contributed by atoms with van der Waals surface area (Å²) in [6.07, 6.45) is 1.16. The molecule has 0 saturated carbocycles. The van der Waals surface area contributed by atoms with E-state index in [4.69, 9.17) is 5.73 Å². The number of hydrogen-bond acceptors (Lipinski definition) is 2. The molecule has 3 heteroatoms. The molecule has 46 valence electrons. The van der Waals surface area contributed by atoms with E-state index in [1.165, 1.54) is 0 Å². The van der Waals surface area contributed by atoms with E-state index in [1.807, 2.05) is 0 Å². The first-order chi connectivity index (χ1) is 2.91. The van der Waals surface area contributed by atoms with Crippen molar-refractivity contribution in [2.45, 2.75) is 13.3 Å². The predicted molar refractivity (Wildman–Crippen MR) is 31.0 cm³/mol. The van der Waals surface area contributed by atoms with Gasteiger partial charge in [0.05, 0.1) is 0 Å². The molecular weight excluding hydrogens is 92.1 g/mol. The highest BCUT2D eigenvalue weighted by atomic mass is 16.0. The first-order valence-electron chi connectivity index (χ1n) is 2.32. The summed E-state index contributed by atoms with van der Waals surface area (Å²) in [7, 11) is 0. The van der Waals surface area contributed by atoms with Gasteiger partial charge in [-0.05, 0) is 13.0 Å². The molecule has 0 aliphatic heterocycles. The third-order valence-electron chi connectivity index (χ3n) is 0.571. The summed E-state index contributed by atoms with van der Waals surface area (Å²) in [5.74, 6) is 0. The SMILES string of the molecule is CCCNCN.O. The lowest BCUT2D eigenvalue weighted by Crippen LogP contribution is -2.22. The van der Waals surface area contributed by atoms with E-state index in [-0.39, 0.29) is 5.48 Å². The van der Waals surface area contributed by atoms with Crippen LogP contribution in [0.5, 0.6) is 0 Å². The predicted octanol–water partition coefficient (Wildman–Crippen LogP) is -0.923. The molecule has 0 amide bonds. The third kappa shape index (κ3) is 10.7. The number of nitrogens with two attached hydrogens (primary N) is 1. The van der Waals surface area contributed by atoms with Crippen molar-refractivity contribution >= 4 is 0 Å². The minimum absolute atomic E-state index is 0. The van der Waals surface area contributed by atoms with Crippen molar-refractivity contribution in [3.63, 3.8) is 0 Å². The Hall–Kier alpha value is -0.120. The summed E-state index contributed by atoms with van der Waals surface area (Å²) in [6, 6.07) is 0. The highest BCUT2D eigenvalue weighted by Crippen LogP contribution is 1.63. The van der Waals surface area contributed by atoms with Crippen LogP contribution < -0.4 is 11.1 Å². The van der Waals surface area contributed by atoms with Gasteiger partial charge in [-0.1, -0.05) is 6.92 Å². The van der Waals surface area contributed by atoms with Gasteiger partial charge >= 0.3 is 0 Å². The molecule has 0 spiro atoms. The molecule has 0 aromatic heterocycles. The van der Waals surface area contributed by atoms with Crippen LogP contribution in [0.15, 0.2) is 0 Å². The van der Waals surface area contributed by atoms with Crippen molar-refractivity contribution < 1.29 is 5.48 Å². The average Bonchev–Trinajstić information content (AvgIpc) is 1.61. The monoisotopic (exact) mass is 106 g/mol. The molecule has 0 aliphatic carbocycles. The van der Waals surface area contributed by atoms with Crippen LogP contribution in [0.4, 0.5) is 0 Å². The highest BCUT2D eigenvalue weighted by molar-refractivity contribution is 4.34. The van der Waals surface area contributed by atoms with Crippen LogP contribution in [0.3, 0.4) is 0 Å². The van der Waals surface area contributed by atoms with Crippen molar-refractivity contribution in [1.82, 2.24) is 5.32 Å². The van der Waals surface area contributed by atoms with Gasteiger partial charge in [0, 0.05) is 6.67 Å². The second-order valence-electron chi connectivity index (χ2n) is 1.20. The van der Waals surface area contributed by atoms with Crippen LogP contribution in [0.1, 0.15) is 13.3 Å². The summed E-state index contributed by atoms with van der Waals surface area (Å²) >= 11 is 0. The van der Waals surface area contributed by atoms with E-state index >= 15 is 0 Å². The van der Waals surface area contributed by atoms with Crippen molar-refractivity contribution in [3.8, 4) is 0 Å². The molecule has 0 radical (unpaired) electrons. The van der Waals surface area contributed by atoms with Crippen LogP contribution in [-0.2, 0) is 0 Å². The molecule has 0 heterocycles. The quantitative estimate of drug-likeness (QED) is 0.361. The Bertz CT molecular complexity index is 21.7. The van der Waals surface area contributed by atoms with Crippen LogP contribution >= 0.6 is 0 Å². The Morgan fingerprint density at radius 2 is 2.14 bits per heavy atom. The van der Waals surface area contributed by atoms with Gasteiger partial charge in [0.2, 0.25) is 0 Å². The van der Waals surface area contributed by atoms with Gasteiger partial charge < -0.3 is 16.5 Å². The normalized spacial score (nSPS) is 7.71. The first kappa shape index (κ1) is 9.99. The lowest BCUT2D eigenvalue weighted by atomic mass is 10.5. The van der Waals surface area contributed by atoms with E-state index in [2.05, 4.69) is 12.2 Å². The second-order valence-corrected chi connectivity index (χ2v) is 1.20. The Kier molecular flexibility index (Phi) is 13.3. The zero-order valence-corrected chi connectivity index (χ0v) is 4.70. The number of hydrogen-bond donors (Lipinski definition) is 2.